The zero-order chi connectivity index (χ0) is 27.8. The van der Waals surface area contributed by atoms with Crippen LogP contribution in [-0.4, -0.2) is 76.5 Å². The number of hydrogen-bond acceptors (Lipinski definition) is 9. The SMILES string of the molecule is O=C1C=C/C(=C(/c2ccc(O[C@@H]3OC(CO)[C@H](O)[C@@H](O)C3O)c(Cl)c2)c2ccccc2S(=O)(=O)O)C=C1Cl. The fraction of sp³-hybridized carbons (Fsp3) is 0.240. The molecule has 0 saturated carbocycles. The number of ketones is 1. The van der Waals surface area contributed by atoms with Crippen molar-refractivity contribution >= 4 is 44.7 Å². The fourth-order valence-electron chi connectivity index (χ4n) is 4.07. The molecule has 0 bridgehead atoms. The molecule has 2 aromatic carbocycles. The minimum absolute atomic E-state index is 0.00454. The summed E-state index contributed by atoms with van der Waals surface area (Å²) in [6, 6.07) is 9.97. The van der Waals surface area contributed by atoms with Gasteiger partial charge in [-0.3, -0.25) is 9.35 Å². The maximum Gasteiger partial charge on any atom is 0.295 e. The Bertz CT molecular complexity index is 1450. The van der Waals surface area contributed by atoms with E-state index in [2.05, 4.69) is 0 Å². The second-order valence-electron chi connectivity index (χ2n) is 8.45. The van der Waals surface area contributed by atoms with Crippen molar-refractivity contribution in [3.05, 3.63) is 87.4 Å². The predicted octanol–water partition coefficient (Wildman–Crippen LogP) is 1.83. The zero-order valence-corrected chi connectivity index (χ0v) is 21.6. The highest BCUT2D eigenvalue weighted by atomic mass is 35.5. The molecule has 2 unspecified atom stereocenters. The number of carbonyl (C=O) groups is 1. The van der Waals surface area contributed by atoms with Crippen LogP contribution in [0.4, 0.5) is 0 Å². The molecule has 38 heavy (non-hydrogen) atoms. The van der Waals surface area contributed by atoms with Crippen molar-refractivity contribution < 1.29 is 47.7 Å². The van der Waals surface area contributed by atoms with Crippen molar-refractivity contribution in [1.82, 2.24) is 0 Å². The van der Waals surface area contributed by atoms with Gasteiger partial charge in [-0.1, -0.05) is 53.5 Å². The fourth-order valence-corrected chi connectivity index (χ4v) is 5.18. The number of carbonyl (C=O) groups excluding carboxylic acids is 1. The molecule has 202 valence electrons. The lowest BCUT2D eigenvalue weighted by Gasteiger charge is -2.39. The van der Waals surface area contributed by atoms with Crippen LogP contribution in [0, 0.1) is 0 Å². The molecular formula is C25H22Cl2O10S. The Balaban J connectivity index is 1.79. The molecule has 2 aliphatic rings. The first-order chi connectivity index (χ1) is 17.9. The van der Waals surface area contributed by atoms with Gasteiger partial charge in [-0.25, -0.2) is 0 Å². The number of aliphatic hydroxyl groups excluding tert-OH is 4. The Morgan fingerprint density at radius 2 is 1.71 bits per heavy atom. The highest BCUT2D eigenvalue weighted by Gasteiger charge is 2.44. The van der Waals surface area contributed by atoms with E-state index in [9.17, 15) is 38.2 Å². The number of allylic oxidation sites excluding steroid dienone is 5. The average Bonchev–Trinajstić information content (AvgIpc) is 2.87. The zero-order valence-electron chi connectivity index (χ0n) is 19.3. The molecule has 5 atom stereocenters. The van der Waals surface area contributed by atoms with E-state index < -0.39 is 58.1 Å². The highest BCUT2D eigenvalue weighted by molar-refractivity contribution is 7.86. The van der Waals surface area contributed by atoms with Crippen LogP contribution < -0.4 is 4.74 Å². The molecule has 10 nitrogen and oxygen atoms in total. The summed E-state index contributed by atoms with van der Waals surface area (Å²) in [6.07, 6.45) is -3.56. The first-order valence-corrected chi connectivity index (χ1v) is 13.3. The van der Waals surface area contributed by atoms with Crippen LogP contribution in [-0.2, 0) is 19.6 Å². The smallest absolute Gasteiger partial charge is 0.295 e. The first-order valence-electron chi connectivity index (χ1n) is 11.1. The third-order valence-corrected chi connectivity index (χ3v) is 7.47. The number of aliphatic hydroxyl groups is 4. The van der Waals surface area contributed by atoms with Gasteiger partial charge < -0.3 is 29.9 Å². The summed E-state index contributed by atoms with van der Waals surface area (Å²) in [5.41, 5.74) is 1.07. The lowest BCUT2D eigenvalue weighted by molar-refractivity contribution is -0.277. The van der Waals surface area contributed by atoms with E-state index in [1.54, 1.807) is 6.07 Å². The van der Waals surface area contributed by atoms with Crippen molar-refractivity contribution in [3.63, 3.8) is 0 Å². The van der Waals surface area contributed by atoms with E-state index in [4.69, 9.17) is 32.7 Å². The third-order valence-electron chi connectivity index (χ3n) is 5.97. The van der Waals surface area contributed by atoms with E-state index in [0.717, 1.165) is 0 Å². The summed E-state index contributed by atoms with van der Waals surface area (Å²) in [5, 5.41) is 39.5. The van der Waals surface area contributed by atoms with Crippen molar-refractivity contribution in [2.45, 2.75) is 35.6 Å². The predicted molar refractivity (Wildman–Crippen MR) is 136 cm³/mol. The van der Waals surface area contributed by atoms with Crippen molar-refractivity contribution in [2.24, 2.45) is 0 Å². The summed E-state index contributed by atoms with van der Waals surface area (Å²) < 4.78 is 45.1. The summed E-state index contributed by atoms with van der Waals surface area (Å²) in [4.78, 5) is 11.5. The van der Waals surface area contributed by atoms with Gasteiger partial charge in [0.25, 0.3) is 10.1 Å². The normalized spacial score (nSPS) is 27.2. The van der Waals surface area contributed by atoms with Crippen LogP contribution in [0.25, 0.3) is 5.57 Å². The molecule has 5 N–H and O–H groups in total. The van der Waals surface area contributed by atoms with Gasteiger partial charge in [0.05, 0.1) is 16.7 Å². The first kappa shape index (κ1) is 28.4. The Labute approximate surface area is 227 Å². The second-order valence-corrected chi connectivity index (χ2v) is 10.7. The molecule has 2 aromatic rings. The van der Waals surface area contributed by atoms with Crippen LogP contribution in [0.1, 0.15) is 11.1 Å². The molecule has 1 saturated heterocycles. The van der Waals surface area contributed by atoms with E-state index in [1.165, 1.54) is 54.6 Å². The minimum Gasteiger partial charge on any atom is -0.460 e. The average molecular weight is 585 g/mol. The largest absolute Gasteiger partial charge is 0.460 e. The molecule has 1 heterocycles. The monoisotopic (exact) mass is 584 g/mol. The summed E-state index contributed by atoms with van der Waals surface area (Å²) in [7, 11) is -4.66. The van der Waals surface area contributed by atoms with Gasteiger partial charge in [0.2, 0.25) is 6.29 Å². The molecule has 1 fully saturated rings. The summed E-state index contributed by atoms with van der Waals surface area (Å²) >= 11 is 12.5. The van der Waals surface area contributed by atoms with E-state index >= 15 is 0 Å². The lowest BCUT2D eigenvalue weighted by Crippen LogP contribution is -2.60. The van der Waals surface area contributed by atoms with Crippen LogP contribution in [0.15, 0.2) is 76.2 Å². The molecule has 0 aromatic heterocycles. The van der Waals surface area contributed by atoms with Gasteiger partial charge in [-0.05, 0) is 47.1 Å². The Kier molecular flexibility index (Phi) is 8.43. The number of ether oxygens (including phenoxy) is 2. The minimum atomic E-state index is -4.66. The molecule has 1 aliphatic heterocycles. The molecule has 1 aliphatic carbocycles. The standard InChI is InChI=1S/C25H22Cl2O10S/c26-15-9-12(5-7-17(15)29)21(14-3-1-2-4-20(14)38(33,34)35)13-6-8-18(16(27)10-13)36-25-24(32)23(31)22(30)19(11-28)37-25/h1-10,19,22-25,28,30-32H,11H2,(H,33,34,35)/b21-12+/t19?,22-,23+,24?,25+/m0/s1. The molecular weight excluding hydrogens is 563 g/mol. The van der Waals surface area contributed by atoms with Gasteiger partial charge in [0.15, 0.2) is 5.78 Å². The van der Waals surface area contributed by atoms with Gasteiger partial charge in [-0.15, -0.1) is 0 Å². The van der Waals surface area contributed by atoms with Crippen molar-refractivity contribution in [1.29, 1.82) is 0 Å². The van der Waals surface area contributed by atoms with Crippen molar-refractivity contribution in [2.75, 3.05) is 6.61 Å². The molecule has 0 amide bonds. The molecule has 0 radical (unpaired) electrons. The Morgan fingerprint density at radius 3 is 2.34 bits per heavy atom. The van der Waals surface area contributed by atoms with Gasteiger partial charge >= 0.3 is 0 Å². The Hall–Kier alpha value is -2.58. The van der Waals surface area contributed by atoms with Crippen LogP contribution in [0.5, 0.6) is 5.75 Å². The second kappa shape index (κ2) is 11.3. The topological polar surface area (TPSA) is 171 Å². The number of hydrogen-bond donors (Lipinski definition) is 5. The van der Waals surface area contributed by atoms with Crippen LogP contribution in [0.3, 0.4) is 0 Å². The maximum absolute atomic E-state index is 12.1. The summed E-state index contributed by atoms with van der Waals surface area (Å²) in [5.74, 6) is -0.450. The highest BCUT2D eigenvalue weighted by Crippen LogP contribution is 2.38. The third kappa shape index (κ3) is 5.71. The number of rotatable bonds is 6. The van der Waals surface area contributed by atoms with Gasteiger partial charge in [0, 0.05) is 5.56 Å². The quantitative estimate of drug-likeness (QED) is 0.315. The van der Waals surface area contributed by atoms with Crippen LogP contribution >= 0.6 is 23.2 Å². The Morgan fingerprint density at radius 1 is 1.00 bits per heavy atom. The molecule has 4 rings (SSSR count). The van der Waals surface area contributed by atoms with Gasteiger partial charge in [-0.2, -0.15) is 8.42 Å². The number of halogens is 2. The molecule has 13 heteroatoms. The van der Waals surface area contributed by atoms with E-state index in [0.29, 0.717) is 11.1 Å². The number of benzene rings is 2. The molecule has 0 spiro atoms. The van der Waals surface area contributed by atoms with E-state index in [-0.39, 0.29) is 26.9 Å². The van der Waals surface area contributed by atoms with Crippen LogP contribution in [0.2, 0.25) is 5.02 Å². The van der Waals surface area contributed by atoms with Gasteiger partial charge in [0.1, 0.15) is 35.1 Å². The van der Waals surface area contributed by atoms with E-state index in [1.807, 2.05) is 0 Å². The van der Waals surface area contributed by atoms with Crippen molar-refractivity contribution in [3.8, 4) is 5.75 Å². The lowest BCUT2D eigenvalue weighted by atomic mass is 9.90. The summed E-state index contributed by atoms with van der Waals surface area (Å²) in [6.45, 7) is -0.645. The maximum atomic E-state index is 12.1.